The molecule has 1 amide bonds. The normalized spacial score (nSPS) is 29.6. The van der Waals surface area contributed by atoms with Crippen molar-refractivity contribution < 1.29 is 40.7 Å². The van der Waals surface area contributed by atoms with Crippen LogP contribution in [0.3, 0.4) is 0 Å². The molecule has 6 bridgehead atoms. The highest BCUT2D eigenvalue weighted by molar-refractivity contribution is 5.95. The number of nitrogens with two attached hydrogens (primary N) is 1. The first-order valence-corrected chi connectivity index (χ1v) is 13.7. The molecular weight excluding hydrogens is 556 g/mol. The first-order chi connectivity index (χ1) is 18.9. The maximum atomic E-state index is 14.2. The predicted octanol–water partition coefficient (Wildman–Crippen LogP) is 5.96. The highest BCUT2D eigenvalue weighted by Crippen LogP contribution is 2.56. The molecule has 0 aromatic carbocycles. The van der Waals surface area contributed by atoms with Crippen molar-refractivity contribution in [3.05, 3.63) is 23.2 Å². The topological polar surface area (TPSA) is 118 Å². The van der Waals surface area contributed by atoms with Crippen molar-refractivity contribution >= 4 is 11.6 Å². The van der Waals surface area contributed by atoms with Gasteiger partial charge in [0.2, 0.25) is 5.60 Å². The predicted molar refractivity (Wildman–Crippen MR) is 134 cm³/mol. The summed E-state index contributed by atoms with van der Waals surface area (Å²) in [5.41, 5.74) is -1.20. The number of rotatable bonds is 1. The van der Waals surface area contributed by atoms with Crippen molar-refractivity contribution in [2.75, 3.05) is 12.3 Å². The molecule has 0 spiro atoms. The molecule has 1 aliphatic heterocycles. The zero-order valence-electron chi connectivity index (χ0n) is 22.9. The number of pyridine rings is 1. The molecule has 3 aliphatic carbocycles. The Balaban J connectivity index is 1.64. The number of nitrogen functional groups attached to an aromatic ring is 1. The fraction of sp³-hybridized carbons (Fsp3) is 0.704. The van der Waals surface area contributed by atoms with E-state index in [9.17, 15) is 36.2 Å². The lowest BCUT2D eigenvalue weighted by atomic mass is 9.52. The maximum Gasteiger partial charge on any atom is 0.426 e. The van der Waals surface area contributed by atoms with Crippen molar-refractivity contribution in [1.29, 1.82) is 0 Å². The molecule has 226 valence electrons. The first-order valence-electron chi connectivity index (χ1n) is 13.7. The third-order valence-corrected chi connectivity index (χ3v) is 9.04. The Morgan fingerprint density at radius 2 is 1.68 bits per heavy atom. The number of fused-ring (bicyclic) bond motifs is 7. The van der Waals surface area contributed by atoms with Crippen LogP contribution >= 0.6 is 0 Å². The number of hydrogen-bond donors (Lipinski definition) is 2. The molecule has 3 saturated carbocycles. The van der Waals surface area contributed by atoms with Gasteiger partial charge in [-0.05, 0) is 67.8 Å². The minimum atomic E-state index is -5.18. The lowest BCUT2D eigenvalue weighted by Gasteiger charge is -2.57. The Kier molecular flexibility index (Phi) is 7.10. The number of carbonyl (C=O) groups excluding carboxylic acids is 1. The van der Waals surface area contributed by atoms with Crippen LogP contribution in [0.1, 0.15) is 87.7 Å². The highest BCUT2D eigenvalue weighted by Gasteiger charge is 2.59. The molecule has 4 aliphatic rings. The Hall–Kier alpha value is -2.90. The number of aromatic nitrogens is 3. The average Bonchev–Trinajstić information content (AvgIpc) is 3.33. The Bertz CT molecular complexity index is 1310. The van der Waals surface area contributed by atoms with Crippen molar-refractivity contribution in [2.45, 2.75) is 89.7 Å². The SMILES string of the molecule is CC(C)(C)[C@H]1C[C@@H](N2CCCCC[C@](O)(C(F)(F)F)c3nnc(o3)-c3nc(c(C(F)(F)F)cc3N)C2=O)C2CC1C2. The van der Waals surface area contributed by atoms with Crippen LogP contribution in [0, 0.1) is 23.2 Å². The van der Waals surface area contributed by atoms with E-state index in [1.165, 1.54) is 4.90 Å². The molecule has 2 aromatic rings. The molecule has 3 atom stereocenters. The molecule has 2 aromatic heterocycles. The zero-order valence-corrected chi connectivity index (χ0v) is 22.9. The second-order valence-corrected chi connectivity index (χ2v) is 12.7. The van der Waals surface area contributed by atoms with Crippen LogP contribution in [0.15, 0.2) is 10.5 Å². The smallest absolute Gasteiger partial charge is 0.416 e. The van der Waals surface area contributed by atoms with Gasteiger partial charge in [0, 0.05) is 12.6 Å². The molecule has 14 heteroatoms. The summed E-state index contributed by atoms with van der Waals surface area (Å²) in [5.74, 6) is -2.01. The van der Waals surface area contributed by atoms with Gasteiger partial charge in [0.15, 0.2) is 5.69 Å². The molecule has 0 unspecified atom stereocenters. The van der Waals surface area contributed by atoms with Gasteiger partial charge in [0.1, 0.15) is 5.69 Å². The fourth-order valence-corrected chi connectivity index (χ4v) is 6.77. The van der Waals surface area contributed by atoms with E-state index in [4.69, 9.17) is 10.2 Å². The molecule has 8 nitrogen and oxygen atoms in total. The highest BCUT2D eigenvalue weighted by atomic mass is 19.4. The number of anilines is 1. The molecular formula is C27H33F6N5O3. The fourth-order valence-electron chi connectivity index (χ4n) is 6.77. The third-order valence-electron chi connectivity index (χ3n) is 9.04. The van der Waals surface area contributed by atoms with Gasteiger partial charge < -0.3 is 20.2 Å². The van der Waals surface area contributed by atoms with E-state index < -0.39 is 64.7 Å². The maximum absolute atomic E-state index is 14.2. The van der Waals surface area contributed by atoms with Crippen LogP contribution < -0.4 is 5.73 Å². The van der Waals surface area contributed by atoms with Crippen molar-refractivity contribution in [2.24, 2.45) is 23.2 Å². The largest absolute Gasteiger partial charge is 0.426 e. The van der Waals surface area contributed by atoms with E-state index in [0.717, 1.165) is 12.8 Å². The Labute approximate surface area is 232 Å². The van der Waals surface area contributed by atoms with Gasteiger partial charge in [0.05, 0.1) is 11.3 Å². The summed E-state index contributed by atoms with van der Waals surface area (Å²) in [5, 5.41) is 17.5. The summed E-state index contributed by atoms with van der Waals surface area (Å²) in [6.07, 6.45) is -8.38. The lowest BCUT2D eigenvalue weighted by molar-refractivity contribution is -0.277. The molecule has 0 radical (unpaired) electrons. The van der Waals surface area contributed by atoms with Gasteiger partial charge in [0.25, 0.3) is 17.7 Å². The van der Waals surface area contributed by atoms with E-state index >= 15 is 0 Å². The van der Waals surface area contributed by atoms with Gasteiger partial charge in [-0.1, -0.05) is 27.2 Å². The lowest BCUT2D eigenvalue weighted by Crippen LogP contribution is -2.57. The summed E-state index contributed by atoms with van der Waals surface area (Å²) in [6, 6.07) is 0.160. The summed E-state index contributed by atoms with van der Waals surface area (Å²) >= 11 is 0. The second kappa shape index (κ2) is 9.84. The summed E-state index contributed by atoms with van der Waals surface area (Å²) in [7, 11) is 0. The molecule has 3 N–H and O–H groups in total. The van der Waals surface area contributed by atoms with Gasteiger partial charge in [-0.2, -0.15) is 26.3 Å². The number of amides is 1. The van der Waals surface area contributed by atoms with Crippen molar-refractivity contribution in [1.82, 2.24) is 20.1 Å². The second-order valence-electron chi connectivity index (χ2n) is 12.7. The average molecular weight is 590 g/mol. The van der Waals surface area contributed by atoms with Crippen molar-refractivity contribution in [3.63, 3.8) is 0 Å². The zero-order chi connectivity index (χ0) is 30.1. The molecule has 3 fully saturated rings. The molecule has 41 heavy (non-hydrogen) atoms. The van der Waals surface area contributed by atoms with E-state index in [1.54, 1.807) is 0 Å². The molecule has 0 saturated heterocycles. The number of halogens is 6. The number of carbonyl (C=O) groups is 1. The van der Waals surface area contributed by atoms with E-state index in [2.05, 4.69) is 36.0 Å². The van der Waals surface area contributed by atoms with E-state index in [0.29, 0.717) is 18.4 Å². The first kappa shape index (κ1) is 29.6. The quantitative estimate of drug-likeness (QED) is 0.394. The van der Waals surface area contributed by atoms with Crippen molar-refractivity contribution in [3.8, 4) is 11.6 Å². The number of aliphatic hydroxyl groups is 1. The van der Waals surface area contributed by atoms with Crippen LogP contribution in [-0.4, -0.2) is 49.9 Å². The van der Waals surface area contributed by atoms with Crippen LogP contribution in [0.25, 0.3) is 11.6 Å². The van der Waals surface area contributed by atoms with Gasteiger partial charge in [-0.25, -0.2) is 4.98 Å². The summed E-state index contributed by atoms with van der Waals surface area (Å²) < 4.78 is 89.7. The molecule has 6 rings (SSSR count). The number of alkyl halides is 6. The van der Waals surface area contributed by atoms with Gasteiger partial charge in [-0.3, -0.25) is 4.79 Å². The third kappa shape index (κ3) is 5.16. The summed E-state index contributed by atoms with van der Waals surface area (Å²) in [6.45, 7) is 6.35. The standard InChI is InChI=1S/C27H33F6N5O3/c1-24(2,3)15-12-18(14-9-13(15)10-14)38-8-6-4-5-7-25(40,27(31,32)33)23-37-36-21(41-23)20-17(34)11-16(26(28,29)30)19(35-20)22(38)39/h11,13-15,18,40H,4-10,12,34H2,1-3H3/t13?,14?,15-,18+,25+/m0/s1. The molecule has 3 heterocycles. The van der Waals surface area contributed by atoms with Gasteiger partial charge in [-0.15, -0.1) is 10.2 Å². The van der Waals surface area contributed by atoms with E-state index in [1.807, 2.05) is 0 Å². The van der Waals surface area contributed by atoms with Crippen LogP contribution in [0.2, 0.25) is 0 Å². The minimum Gasteiger partial charge on any atom is -0.416 e. The Morgan fingerprint density at radius 1 is 1.00 bits per heavy atom. The van der Waals surface area contributed by atoms with E-state index in [-0.39, 0.29) is 49.1 Å². The number of nitrogens with zero attached hydrogens (tertiary/aromatic N) is 4. The monoisotopic (exact) mass is 589 g/mol. The van der Waals surface area contributed by atoms with Gasteiger partial charge >= 0.3 is 12.4 Å². The minimum absolute atomic E-state index is 0.0308. The summed E-state index contributed by atoms with van der Waals surface area (Å²) in [4.78, 5) is 19.4. The Morgan fingerprint density at radius 3 is 2.29 bits per heavy atom. The van der Waals surface area contributed by atoms with Crippen LogP contribution in [0.4, 0.5) is 32.0 Å². The number of hydrogen-bond acceptors (Lipinski definition) is 7. The van der Waals surface area contributed by atoms with Crippen LogP contribution in [-0.2, 0) is 11.8 Å². The van der Waals surface area contributed by atoms with Crippen LogP contribution in [0.5, 0.6) is 0 Å².